The molecular formula is C39H36Cl4N3O+. The molecule has 47 heavy (non-hydrogen) atoms. The third-order valence-electron chi connectivity index (χ3n) is 8.63. The summed E-state index contributed by atoms with van der Waals surface area (Å²) >= 11 is 26.7. The Bertz CT molecular complexity index is 2060. The largest absolute Gasteiger partial charge is 0.456 e. The van der Waals surface area contributed by atoms with E-state index >= 15 is 0 Å². The summed E-state index contributed by atoms with van der Waals surface area (Å²) in [6, 6.07) is 32.4. The first-order chi connectivity index (χ1) is 22.8. The van der Waals surface area contributed by atoms with Gasteiger partial charge >= 0.3 is 0 Å². The summed E-state index contributed by atoms with van der Waals surface area (Å²) in [5.41, 5.74) is 7.44. The Morgan fingerprint density at radius 1 is 0.596 bits per heavy atom. The van der Waals surface area contributed by atoms with Gasteiger partial charge in [0.05, 0.1) is 16.1 Å². The number of nitrogens with zero attached hydrogens (tertiary/aromatic N) is 3. The molecule has 0 radical (unpaired) electrons. The van der Waals surface area contributed by atoms with Gasteiger partial charge in [-0.3, -0.25) is 0 Å². The predicted octanol–water partition coefficient (Wildman–Crippen LogP) is 11.9. The van der Waals surface area contributed by atoms with Crippen LogP contribution < -0.4 is 19.7 Å². The van der Waals surface area contributed by atoms with Gasteiger partial charge in [0.2, 0.25) is 11.0 Å². The van der Waals surface area contributed by atoms with E-state index in [1.807, 2.05) is 60.7 Å². The number of fused-ring (bicyclic) bond motifs is 2. The normalized spacial score (nSPS) is 12.1. The summed E-state index contributed by atoms with van der Waals surface area (Å²) in [6.45, 7) is 11.7. The van der Waals surface area contributed by atoms with Crippen molar-refractivity contribution in [1.29, 1.82) is 0 Å². The Morgan fingerprint density at radius 2 is 1.21 bits per heavy atom. The number of hydrogen-bond donors (Lipinski definition) is 0. The average Bonchev–Trinajstić information content (AvgIpc) is 3.07. The van der Waals surface area contributed by atoms with Gasteiger partial charge in [0.15, 0.2) is 0 Å². The number of halogens is 4. The van der Waals surface area contributed by atoms with E-state index in [4.69, 9.17) is 50.8 Å². The predicted molar refractivity (Wildman–Crippen MR) is 203 cm³/mol. The van der Waals surface area contributed by atoms with Gasteiger partial charge in [0, 0.05) is 93.1 Å². The van der Waals surface area contributed by atoms with Crippen molar-refractivity contribution in [3.8, 4) is 22.5 Å². The van der Waals surface area contributed by atoms with Crippen LogP contribution in [-0.4, -0.2) is 26.2 Å². The van der Waals surface area contributed by atoms with Crippen LogP contribution in [0.25, 0.3) is 33.4 Å². The summed E-state index contributed by atoms with van der Waals surface area (Å²) in [5, 5.41) is 4.50. The first kappa shape index (κ1) is 33.2. The molecule has 0 saturated carbocycles. The van der Waals surface area contributed by atoms with E-state index in [0.717, 1.165) is 87.7 Å². The molecule has 0 unspecified atom stereocenters. The highest BCUT2D eigenvalue weighted by molar-refractivity contribution is 6.40. The van der Waals surface area contributed by atoms with Crippen molar-refractivity contribution in [2.24, 2.45) is 0 Å². The molecule has 1 aliphatic heterocycles. The van der Waals surface area contributed by atoms with Crippen LogP contribution in [0.15, 0.2) is 101 Å². The van der Waals surface area contributed by atoms with E-state index in [1.165, 1.54) is 0 Å². The third-order valence-corrected chi connectivity index (χ3v) is 9.73. The molecule has 0 saturated heterocycles. The molecule has 0 N–H and O–H groups in total. The van der Waals surface area contributed by atoms with Gasteiger partial charge in [-0.2, -0.15) is 4.58 Å². The topological polar surface area (TPSA) is 22.6 Å². The first-order valence-corrected chi connectivity index (χ1v) is 17.4. The van der Waals surface area contributed by atoms with Crippen molar-refractivity contribution in [2.75, 3.05) is 36.0 Å². The zero-order valence-electron chi connectivity index (χ0n) is 26.8. The summed E-state index contributed by atoms with van der Waals surface area (Å²) in [7, 11) is 0. The molecule has 1 aliphatic carbocycles. The highest BCUT2D eigenvalue weighted by Crippen LogP contribution is 2.47. The van der Waals surface area contributed by atoms with Gasteiger partial charge in [-0.05, 0) is 94.4 Å². The number of rotatable bonds is 9. The van der Waals surface area contributed by atoms with Crippen LogP contribution in [0.2, 0.25) is 20.1 Å². The molecule has 6 rings (SSSR count). The monoisotopic (exact) mass is 702 g/mol. The summed E-state index contributed by atoms with van der Waals surface area (Å²) < 4.78 is 9.00. The van der Waals surface area contributed by atoms with E-state index < -0.39 is 0 Å². The molecule has 0 aromatic heterocycles. The lowest BCUT2D eigenvalue weighted by Gasteiger charge is -2.25. The molecule has 0 bridgehead atoms. The van der Waals surface area contributed by atoms with E-state index in [0.29, 0.717) is 20.1 Å². The molecule has 0 amide bonds. The Labute approximate surface area is 296 Å². The minimum Gasteiger partial charge on any atom is -0.456 e. The van der Waals surface area contributed by atoms with Gasteiger partial charge in [-0.25, -0.2) is 0 Å². The minimum absolute atomic E-state index is 0.592. The van der Waals surface area contributed by atoms with Crippen LogP contribution >= 0.6 is 46.4 Å². The molecule has 0 spiro atoms. The van der Waals surface area contributed by atoms with Crippen LogP contribution in [0.3, 0.4) is 0 Å². The second-order valence-electron chi connectivity index (χ2n) is 11.2. The lowest BCUT2D eigenvalue weighted by atomic mass is 9.93. The second-order valence-corrected chi connectivity index (χ2v) is 12.9. The Kier molecular flexibility index (Phi) is 10.1. The van der Waals surface area contributed by atoms with Crippen molar-refractivity contribution in [2.45, 2.75) is 27.7 Å². The fourth-order valence-electron chi connectivity index (χ4n) is 6.31. The van der Waals surface area contributed by atoms with Crippen molar-refractivity contribution in [3.05, 3.63) is 123 Å². The van der Waals surface area contributed by atoms with Gasteiger partial charge in [-0.15, -0.1) is 0 Å². The molecule has 0 fully saturated rings. The molecule has 1 heterocycles. The van der Waals surface area contributed by atoms with Crippen LogP contribution in [0, 0.1) is 0 Å². The maximum absolute atomic E-state index is 7.14. The van der Waals surface area contributed by atoms with E-state index in [1.54, 1.807) is 0 Å². The van der Waals surface area contributed by atoms with Crippen molar-refractivity contribution >= 4 is 80.1 Å². The van der Waals surface area contributed by atoms with E-state index in [9.17, 15) is 0 Å². The standard InChI is InChI=1S/C39H36Cl4N3O/c1-5-44(6-2)31-21-34(42)39(35(43)22-31)38-32-19-17-29(45(7-3)27-13-9-25(40)10-14-27)23-36(32)47-37-24-30(18-20-33(37)38)46(8-4)28-15-11-26(41)12-16-28/h9-24H,5-8H2,1-4H3/q+1. The fourth-order valence-corrected chi connectivity index (χ4v) is 7.23. The molecule has 0 atom stereocenters. The molecule has 4 aromatic carbocycles. The molecule has 240 valence electrons. The summed E-state index contributed by atoms with van der Waals surface area (Å²) in [5.74, 6) is 0.726. The van der Waals surface area contributed by atoms with Crippen LogP contribution in [0.1, 0.15) is 27.7 Å². The van der Waals surface area contributed by atoms with Gasteiger partial charge in [0.1, 0.15) is 17.9 Å². The third kappa shape index (κ3) is 6.58. The maximum atomic E-state index is 7.14. The smallest absolute Gasteiger partial charge is 0.209 e. The van der Waals surface area contributed by atoms with E-state index in [-0.39, 0.29) is 0 Å². The van der Waals surface area contributed by atoms with Crippen molar-refractivity contribution in [3.63, 3.8) is 0 Å². The second kappa shape index (κ2) is 14.2. The van der Waals surface area contributed by atoms with Crippen molar-refractivity contribution < 1.29 is 4.42 Å². The molecular weight excluding hydrogens is 668 g/mol. The lowest BCUT2D eigenvalue weighted by molar-refractivity contribution is 0.617. The summed E-state index contributed by atoms with van der Waals surface area (Å²) in [4.78, 5) is 4.46. The quantitative estimate of drug-likeness (QED) is 0.111. The maximum Gasteiger partial charge on any atom is 0.209 e. The van der Waals surface area contributed by atoms with E-state index in [2.05, 4.69) is 78.5 Å². The van der Waals surface area contributed by atoms with Gasteiger partial charge in [-0.1, -0.05) is 46.4 Å². The Morgan fingerprint density at radius 3 is 1.81 bits per heavy atom. The molecule has 4 nitrogen and oxygen atoms in total. The average molecular weight is 705 g/mol. The van der Waals surface area contributed by atoms with Gasteiger partial charge < -0.3 is 14.2 Å². The first-order valence-electron chi connectivity index (χ1n) is 15.9. The Balaban J connectivity index is 1.64. The molecule has 8 heteroatoms. The zero-order chi connectivity index (χ0) is 33.2. The summed E-state index contributed by atoms with van der Waals surface area (Å²) in [6.07, 6.45) is 0. The Hall–Kier alpha value is -3.67. The fraction of sp³-hybridized carbons (Fsp3) is 0.205. The SMILES string of the molecule is CCN(CC)c1cc(Cl)c(-c2c3ccc(=[N+](CC)c4ccc(Cl)cc4)cc-3oc3cc(N(CC)c4ccc(Cl)cc4)ccc23)c(Cl)c1. The lowest BCUT2D eigenvalue weighted by Crippen LogP contribution is -2.25. The highest BCUT2D eigenvalue weighted by atomic mass is 35.5. The minimum atomic E-state index is 0.592. The molecule has 2 aliphatic rings. The van der Waals surface area contributed by atoms with Crippen LogP contribution in [-0.2, 0) is 0 Å². The number of anilines is 3. The highest BCUT2D eigenvalue weighted by Gasteiger charge is 2.24. The number of benzene rings is 5. The van der Waals surface area contributed by atoms with Crippen LogP contribution in [0.4, 0.5) is 22.7 Å². The van der Waals surface area contributed by atoms with Gasteiger partial charge in [0.25, 0.3) is 0 Å². The molecule has 4 aromatic rings. The van der Waals surface area contributed by atoms with Crippen molar-refractivity contribution in [1.82, 2.24) is 4.58 Å². The zero-order valence-corrected chi connectivity index (χ0v) is 29.9. The van der Waals surface area contributed by atoms with Crippen LogP contribution in [0.5, 0.6) is 0 Å². The number of hydrogen-bond acceptors (Lipinski definition) is 3.